The van der Waals surface area contributed by atoms with Gasteiger partial charge in [-0.25, -0.2) is 4.79 Å². The molecule has 1 aromatic carbocycles. The van der Waals surface area contributed by atoms with E-state index < -0.39 is 17.9 Å². The van der Waals surface area contributed by atoms with E-state index in [4.69, 9.17) is 15.6 Å². The van der Waals surface area contributed by atoms with Crippen molar-refractivity contribution < 1.29 is 19.4 Å². The van der Waals surface area contributed by atoms with Gasteiger partial charge >= 0.3 is 5.97 Å². The van der Waals surface area contributed by atoms with Crippen molar-refractivity contribution in [2.45, 2.75) is 26.3 Å². The van der Waals surface area contributed by atoms with Crippen molar-refractivity contribution in [1.82, 2.24) is 5.32 Å². The van der Waals surface area contributed by atoms with Crippen LogP contribution in [0.5, 0.6) is 5.75 Å². The number of anilines is 1. The number of methoxy groups -OCH3 is 1. The molecule has 0 aliphatic rings. The molecule has 110 valence electrons. The van der Waals surface area contributed by atoms with Gasteiger partial charge in [-0.2, -0.15) is 0 Å². The number of aliphatic carboxylic acids is 1. The van der Waals surface area contributed by atoms with Crippen molar-refractivity contribution in [3.05, 3.63) is 23.8 Å². The first kappa shape index (κ1) is 15.8. The van der Waals surface area contributed by atoms with E-state index in [2.05, 4.69) is 5.32 Å². The highest BCUT2D eigenvalue weighted by atomic mass is 16.5. The van der Waals surface area contributed by atoms with E-state index in [-0.39, 0.29) is 5.92 Å². The molecule has 1 aromatic rings. The molecule has 0 fully saturated rings. The van der Waals surface area contributed by atoms with Gasteiger partial charge in [0.1, 0.15) is 11.8 Å². The number of carbonyl (C=O) groups excluding carboxylic acids is 1. The molecule has 0 saturated carbocycles. The summed E-state index contributed by atoms with van der Waals surface area (Å²) in [5.74, 6) is -0.878. The Labute approximate surface area is 117 Å². The summed E-state index contributed by atoms with van der Waals surface area (Å²) in [6.45, 7) is 3.79. The molecule has 0 aliphatic carbocycles. The van der Waals surface area contributed by atoms with Crippen LogP contribution in [0.15, 0.2) is 18.2 Å². The molecule has 0 bridgehead atoms. The van der Waals surface area contributed by atoms with Crippen molar-refractivity contribution in [2.24, 2.45) is 5.92 Å². The van der Waals surface area contributed by atoms with Crippen LogP contribution in [0.4, 0.5) is 5.69 Å². The lowest BCUT2D eigenvalue weighted by atomic mass is 10.0. The first-order chi connectivity index (χ1) is 9.35. The van der Waals surface area contributed by atoms with Crippen molar-refractivity contribution >= 4 is 17.6 Å². The molecule has 20 heavy (non-hydrogen) atoms. The van der Waals surface area contributed by atoms with E-state index in [0.29, 0.717) is 23.4 Å². The van der Waals surface area contributed by atoms with Gasteiger partial charge in [-0.05, 0) is 30.5 Å². The highest BCUT2D eigenvalue weighted by Crippen LogP contribution is 2.22. The Morgan fingerprint density at radius 2 is 2.05 bits per heavy atom. The number of carbonyl (C=O) groups is 2. The molecule has 4 N–H and O–H groups in total. The maximum absolute atomic E-state index is 12.0. The van der Waals surface area contributed by atoms with Crippen molar-refractivity contribution in [3.63, 3.8) is 0 Å². The Morgan fingerprint density at radius 1 is 1.40 bits per heavy atom. The number of rotatable bonds is 6. The quantitative estimate of drug-likeness (QED) is 0.685. The van der Waals surface area contributed by atoms with Crippen LogP contribution in [-0.4, -0.2) is 30.1 Å². The van der Waals surface area contributed by atoms with Gasteiger partial charge in [0.05, 0.1) is 12.8 Å². The number of benzene rings is 1. The minimum absolute atomic E-state index is 0.164. The molecule has 0 spiro atoms. The van der Waals surface area contributed by atoms with Crippen LogP contribution in [0, 0.1) is 5.92 Å². The third-order valence-corrected chi connectivity index (χ3v) is 2.80. The average molecular weight is 280 g/mol. The Hall–Kier alpha value is -2.24. The first-order valence-electron chi connectivity index (χ1n) is 6.32. The molecule has 0 saturated heterocycles. The van der Waals surface area contributed by atoms with Crippen LogP contribution < -0.4 is 15.8 Å². The van der Waals surface area contributed by atoms with Crippen LogP contribution in [0.3, 0.4) is 0 Å². The smallest absolute Gasteiger partial charge is 0.326 e. The summed E-state index contributed by atoms with van der Waals surface area (Å²) in [7, 11) is 1.48. The third-order valence-electron chi connectivity index (χ3n) is 2.80. The molecule has 6 nitrogen and oxygen atoms in total. The van der Waals surface area contributed by atoms with Crippen molar-refractivity contribution in [3.8, 4) is 5.75 Å². The molecule has 0 heterocycles. The normalized spacial score (nSPS) is 12.0. The number of ether oxygens (including phenoxy) is 1. The number of nitrogens with two attached hydrogens (primary N) is 1. The van der Waals surface area contributed by atoms with E-state index in [1.54, 1.807) is 12.1 Å². The average Bonchev–Trinajstić information content (AvgIpc) is 2.37. The zero-order chi connectivity index (χ0) is 15.3. The maximum Gasteiger partial charge on any atom is 0.326 e. The zero-order valence-electron chi connectivity index (χ0n) is 11.8. The lowest BCUT2D eigenvalue weighted by Crippen LogP contribution is -2.41. The molecule has 0 radical (unpaired) electrons. The topological polar surface area (TPSA) is 102 Å². The lowest BCUT2D eigenvalue weighted by Gasteiger charge is -2.16. The van der Waals surface area contributed by atoms with Gasteiger partial charge in [0.25, 0.3) is 5.91 Å². The summed E-state index contributed by atoms with van der Waals surface area (Å²) in [6.07, 6.45) is 0.368. The van der Waals surface area contributed by atoms with Gasteiger partial charge in [0.2, 0.25) is 0 Å². The molecule has 1 unspecified atom stereocenters. The van der Waals surface area contributed by atoms with Crippen LogP contribution in [0.1, 0.15) is 30.6 Å². The van der Waals surface area contributed by atoms with Crippen LogP contribution in [0.25, 0.3) is 0 Å². The largest absolute Gasteiger partial charge is 0.495 e. The zero-order valence-corrected chi connectivity index (χ0v) is 11.8. The number of carboxylic acids is 1. The monoisotopic (exact) mass is 280 g/mol. The number of hydrogen-bond donors (Lipinski definition) is 3. The predicted octanol–water partition coefficient (Wildman–Crippen LogP) is 1.51. The van der Waals surface area contributed by atoms with Gasteiger partial charge in [-0.3, -0.25) is 4.79 Å². The van der Waals surface area contributed by atoms with E-state index in [1.807, 2.05) is 13.8 Å². The summed E-state index contributed by atoms with van der Waals surface area (Å²) in [6, 6.07) is 3.66. The van der Waals surface area contributed by atoms with Crippen molar-refractivity contribution in [1.29, 1.82) is 0 Å². The fourth-order valence-electron chi connectivity index (χ4n) is 1.81. The molecule has 6 heteroatoms. The Bertz CT molecular complexity index is 500. The molecular weight excluding hydrogens is 260 g/mol. The highest BCUT2D eigenvalue weighted by molar-refractivity contribution is 5.97. The summed E-state index contributed by atoms with van der Waals surface area (Å²) in [5.41, 5.74) is 6.35. The standard InChI is InChI=1S/C14H20N2O4/c1-8(2)6-11(14(18)19)16-13(17)9-4-5-12(20-3)10(15)7-9/h4-5,7-8,11H,6,15H2,1-3H3,(H,16,17)(H,18,19). The number of amides is 1. The lowest BCUT2D eigenvalue weighted by molar-refractivity contribution is -0.139. The van der Waals surface area contributed by atoms with E-state index >= 15 is 0 Å². The second kappa shape index (κ2) is 6.79. The number of nitrogen functional groups attached to an aromatic ring is 1. The van der Waals surface area contributed by atoms with E-state index in [0.717, 1.165) is 0 Å². The fourth-order valence-corrected chi connectivity index (χ4v) is 1.81. The molecule has 0 aromatic heterocycles. The highest BCUT2D eigenvalue weighted by Gasteiger charge is 2.22. The Kier molecular flexibility index (Phi) is 5.37. The number of hydrogen-bond acceptors (Lipinski definition) is 4. The Morgan fingerprint density at radius 3 is 2.50 bits per heavy atom. The Balaban J connectivity index is 2.83. The summed E-state index contributed by atoms with van der Waals surface area (Å²) in [5, 5.41) is 11.6. The van der Waals surface area contributed by atoms with Gasteiger partial charge in [0.15, 0.2) is 0 Å². The molecule has 1 rings (SSSR count). The first-order valence-corrected chi connectivity index (χ1v) is 6.32. The summed E-state index contributed by atoms with van der Waals surface area (Å²) < 4.78 is 5.00. The van der Waals surface area contributed by atoms with Crippen LogP contribution in [0.2, 0.25) is 0 Å². The molecular formula is C14H20N2O4. The minimum Gasteiger partial charge on any atom is -0.495 e. The van der Waals surface area contributed by atoms with E-state index in [9.17, 15) is 9.59 Å². The second-order valence-electron chi connectivity index (χ2n) is 4.95. The SMILES string of the molecule is COc1ccc(C(=O)NC(CC(C)C)C(=O)O)cc1N. The van der Waals surface area contributed by atoms with Crippen LogP contribution >= 0.6 is 0 Å². The molecule has 0 aliphatic heterocycles. The van der Waals surface area contributed by atoms with Crippen molar-refractivity contribution in [2.75, 3.05) is 12.8 Å². The number of carboxylic acid groups (broad SMARTS) is 1. The molecule has 1 amide bonds. The van der Waals surface area contributed by atoms with Gasteiger partial charge in [0, 0.05) is 5.56 Å². The summed E-state index contributed by atoms with van der Waals surface area (Å²) >= 11 is 0. The van der Waals surface area contributed by atoms with E-state index in [1.165, 1.54) is 13.2 Å². The van der Waals surface area contributed by atoms with Gasteiger partial charge < -0.3 is 20.9 Å². The minimum atomic E-state index is -1.05. The maximum atomic E-state index is 12.0. The predicted molar refractivity (Wildman–Crippen MR) is 75.8 cm³/mol. The van der Waals surface area contributed by atoms with Gasteiger partial charge in [-0.1, -0.05) is 13.8 Å². The third kappa shape index (κ3) is 4.15. The van der Waals surface area contributed by atoms with Gasteiger partial charge in [-0.15, -0.1) is 0 Å². The molecule has 1 atom stereocenters. The van der Waals surface area contributed by atoms with Crippen LogP contribution in [-0.2, 0) is 4.79 Å². The fraction of sp³-hybridized carbons (Fsp3) is 0.429. The second-order valence-corrected chi connectivity index (χ2v) is 4.95. The number of nitrogens with one attached hydrogen (secondary N) is 1. The summed E-state index contributed by atoms with van der Waals surface area (Å²) in [4.78, 5) is 23.1.